The van der Waals surface area contributed by atoms with Gasteiger partial charge in [0.25, 0.3) is 17.0 Å². The van der Waals surface area contributed by atoms with E-state index in [4.69, 9.17) is 14.2 Å². The summed E-state index contributed by atoms with van der Waals surface area (Å²) in [5.41, 5.74) is 0.512. The van der Waals surface area contributed by atoms with Crippen molar-refractivity contribution in [1.29, 1.82) is 0 Å². The number of piperidine rings is 1. The second-order valence-electron chi connectivity index (χ2n) is 13.7. The number of halogens is 2. The lowest BCUT2D eigenvalue weighted by atomic mass is 9.85. The first-order valence-electron chi connectivity index (χ1n) is 18.0. The van der Waals surface area contributed by atoms with Crippen LogP contribution in [-0.4, -0.2) is 89.3 Å². The molecule has 3 saturated heterocycles. The number of aryl methyl sites for hydroxylation is 2. The van der Waals surface area contributed by atoms with Crippen LogP contribution in [0, 0.1) is 5.92 Å². The normalized spacial score (nSPS) is 18.4. The first-order chi connectivity index (χ1) is 24.5. The van der Waals surface area contributed by atoms with Crippen molar-refractivity contribution in [1.82, 2.24) is 19.2 Å². The van der Waals surface area contributed by atoms with Crippen molar-refractivity contribution < 1.29 is 32.9 Å². The Labute approximate surface area is 295 Å². The molecule has 0 radical (unpaired) electrons. The molecular weight excluding hydrogens is 666 g/mol. The van der Waals surface area contributed by atoms with Gasteiger partial charge in [0.2, 0.25) is 0 Å². The van der Waals surface area contributed by atoms with Gasteiger partial charge in [-0.25, -0.2) is 18.3 Å². The van der Waals surface area contributed by atoms with E-state index in [-0.39, 0.29) is 48.9 Å². The molecule has 0 aliphatic carbocycles. The minimum atomic E-state index is -3.15. The van der Waals surface area contributed by atoms with Crippen LogP contribution in [0.2, 0.25) is 0 Å². The van der Waals surface area contributed by atoms with Gasteiger partial charge in [0.15, 0.2) is 12.1 Å². The molecule has 15 heteroatoms. The minimum absolute atomic E-state index is 0.0709. The molecule has 278 valence electrons. The largest absolute Gasteiger partial charge is 0.465 e. The van der Waals surface area contributed by atoms with Crippen LogP contribution in [0.4, 0.5) is 25.1 Å². The zero-order chi connectivity index (χ0) is 36.1. The van der Waals surface area contributed by atoms with Gasteiger partial charge in [0.05, 0.1) is 37.9 Å². The number of amides is 1. The van der Waals surface area contributed by atoms with Gasteiger partial charge in [0, 0.05) is 51.3 Å². The summed E-state index contributed by atoms with van der Waals surface area (Å²) in [5.74, 6) is -3.77. The first kappa shape index (κ1) is 36.7. The summed E-state index contributed by atoms with van der Waals surface area (Å²) in [5, 5.41) is 17.6. The molecule has 1 atom stereocenters. The average Bonchev–Trinajstić information content (AvgIpc) is 3.66. The summed E-state index contributed by atoms with van der Waals surface area (Å²) in [4.78, 5) is 42.2. The second kappa shape index (κ2) is 16.1. The second-order valence-corrected chi connectivity index (χ2v) is 13.7. The number of ether oxygens (including phenoxy) is 3. The number of anilines is 2. The minimum Gasteiger partial charge on any atom is -0.465 e. The summed E-state index contributed by atoms with van der Waals surface area (Å²) >= 11 is 0. The maximum absolute atomic E-state index is 15.8. The van der Waals surface area contributed by atoms with Gasteiger partial charge in [-0.2, -0.15) is 5.10 Å². The number of likely N-dealkylation sites (tertiary alicyclic amines) is 1. The third kappa shape index (κ3) is 8.20. The maximum atomic E-state index is 15.8. The van der Waals surface area contributed by atoms with E-state index in [0.29, 0.717) is 74.9 Å². The number of pyridine rings is 1. The lowest BCUT2D eigenvalue weighted by molar-refractivity contribution is -0.0836. The smallest absolute Gasteiger partial charge is 0.407 e. The van der Waals surface area contributed by atoms with Crippen LogP contribution in [0.25, 0.3) is 10.9 Å². The molecule has 13 nitrogen and oxygen atoms in total. The number of nitrogens with zero attached hydrogens (tertiary/aromatic N) is 5. The Kier molecular flexibility index (Phi) is 11.6. The number of benzene rings is 1. The predicted octanol–water partition coefficient (Wildman–Crippen LogP) is 4.91. The summed E-state index contributed by atoms with van der Waals surface area (Å²) in [6.07, 6.45) is 3.14. The number of carboxylic acid groups (broad SMARTS) is 1. The molecule has 0 bridgehead atoms. The Morgan fingerprint density at radius 2 is 1.71 bits per heavy atom. The van der Waals surface area contributed by atoms with Gasteiger partial charge < -0.3 is 39.0 Å². The number of hydrogen-bond donors (Lipinski definition) is 2. The Morgan fingerprint density at radius 3 is 2.41 bits per heavy atom. The summed E-state index contributed by atoms with van der Waals surface area (Å²) in [6, 6.07) is 7.46. The van der Waals surface area contributed by atoms with Gasteiger partial charge in [-0.15, -0.1) is 0 Å². The van der Waals surface area contributed by atoms with Crippen LogP contribution in [0.1, 0.15) is 69.0 Å². The fraction of sp³-hybridized carbons (Fsp3) is 0.611. The van der Waals surface area contributed by atoms with Gasteiger partial charge in [-0.05, 0) is 56.7 Å². The highest BCUT2D eigenvalue weighted by atomic mass is 19.3. The van der Waals surface area contributed by atoms with Crippen LogP contribution >= 0.6 is 0 Å². The molecule has 3 aliphatic rings. The lowest BCUT2D eigenvalue weighted by Crippen LogP contribution is -2.41. The zero-order valence-electron chi connectivity index (χ0n) is 29.3. The molecule has 3 aliphatic heterocycles. The van der Waals surface area contributed by atoms with Crippen LogP contribution in [0.15, 0.2) is 39.9 Å². The van der Waals surface area contributed by atoms with Crippen molar-refractivity contribution in [2.45, 2.75) is 76.7 Å². The van der Waals surface area contributed by atoms with E-state index in [1.54, 1.807) is 22.8 Å². The van der Waals surface area contributed by atoms with Crippen LogP contribution < -0.4 is 21.3 Å². The van der Waals surface area contributed by atoms with Crippen molar-refractivity contribution in [2.24, 2.45) is 13.0 Å². The first-order valence-corrected chi connectivity index (χ1v) is 18.0. The molecule has 51 heavy (non-hydrogen) atoms. The topological polar surface area (TPSA) is 140 Å². The van der Waals surface area contributed by atoms with E-state index >= 15 is 8.78 Å². The lowest BCUT2D eigenvalue weighted by Gasteiger charge is -2.35. The fourth-order valence-corrected chi connectivity index (χ4v) is 7.30. The van der Waals surface area contributed by atoms with Crippen molar-refractivity contribution in [3.63, 3.8) is 0 Å². The van der Waals surface area contributed by atoms with Crippen molar-refractivity contribution in [3.05, 3.63) is 62.2 Å². The molecular formula is C36H48F2N6O7. The average molecular weight is 715 g/mol. The predicted molar refractivity (Wildman–Crippen MR) is 188 cm³/mol. The Morgan fingerprint density at radius 1 is 1.00 bits per heavy atom. The Balaban J connectivity index is 1.26. The number of morpholine rings is 1. The standard InChI is InChI=1S/C36H48F2N6O7/c1-24(25-8-7-9-27(22-25)36(37,38)26-11-14-43(15-12-26)35(47)48)39-32-28-23-29(42-16-18-49-19-17-42)33(45)44(31(28)34(46)41(2)40-32)13-6-4-3-5-10-30-50-20-21-51-30/h7-9,22-24,26,30H,3-6,10-21H2,1-2H3,(H,39,40)(H,47,48). The highest BCUT2D eigenvalue weighted by molar-refractivity contribution is 5.91. The van der Waals surface area contributed by atoms with E-state index in [1.165, 1.54) is 28.8 Å². The molecule has 1 aromatic carbocycles. The SMILES string of the molecule is CC(Nc1nn(C)c(=O)c2c1cc(N1CCOCC1)c(=O)n2CCCCCCC1OCCO1)c1cccc(C(F)(F)C2CCN(C(=O)O)CC2)c1. The summed E-state index contributed by atoms with van der Waals surface area (Å²) in [6.45, 7) is 5.58. The Hall–Kier alpha value is -4.08. The number of carbonyl (C=O) groups is 1. The van der Waals surface area contributed by atoms with Crippen LogP contribution in [0.3, 0.4) is 0 Å². The number of fused-ring (bicyclic) bond motifs is 1. The van der Waals surface area contributed by atoms with E-state index < -0.39 is 29.5 Å². The van der Waals surface area contributed by atoms with Crippen molar-refractivity contribution >= 4 is 28.5 Å². The number of nitrogens with one attached hydrogen (secondary N) is 1. The van der Waals surface area contributed by atoms with Crippen LogP contribution in [0.5, 0.6) is 0 Å². The van der Waals surface area contributed by atoms with Crippen molar-refractivity contribution in [3.8, 4) is 0 Å². The Bertz CT molecular complexity index is 1800. The highest BCUT2D eigenvalue weighted by Gasteiger charge is 2.43. The van der Waals surface area contributed by atoms with E-state index in [1.807, 2.05) is 11.8 Å². The molecule has 6 rings (SSSR count). The highest BCUT2D eigenvalue weighted by Crippen LogP contribution is 2.42. The van der Waals surface area contributed by atoms with Gasteiger partial charge in [0.1, 0.15) is 11.2 Å². The molecule has 2 N–H and O–H groups in total. The molecule has 0 saturated carbocycles. The molecule has 1 unspecified atom stereocenters. The molecule has 0 spiro atoms. The van der Waals surface area contributed by atoms with Crippen LogP contribution in [-0.2, 0) is 33.7 Å². The summed E-state index contributed by atoms with van der Waals surface area (Å²) < 4.78 is 51.0. The van der Waals surface area contributed by atoms with E-state index in [9.17, 15) is 19.5 Å². The monoisotopic (exact) mass is 714 g/mol. The van der Waals surface area contributed by atoms with Gasteiger partial charge in [-0.1, -0.05) is 31.0 Å². The number of rotatable bonds is 13. The van der Waals surface area contributed by atoms with Gasteiger partial charge in [-0.3, -0.25) is 9.59 Å². The third-order valence-corrected chi connectivity index (χ3v) is 10.3. The molecule has 3 fully saturated rings. The fourth-order valence-electron chi connectivity index (χ4n) is 7.30. The molecule has 3 aromatic rings. The third-order valence-electron chi connectivity index (χ3n) is 10.3. The van der Waals surface area contributed by atoms with E-state index in [2.05, 4.69) is 10.4 Å². The zero-order valence-corrected chi connectivity index (χ0v) is 29.3. The number of hydrogen-bond acceptors (Lipinski definition) is 9. The number of aromatic nitrogens is 3. The quantitative estimate of drug-likeness (QED) is 0.235. The van der Waals surface area contributed by atoms with E-state index in [0.717, 1.165) is 25.7 Å². The number of alkyl halides is 2. The number of unbranched alkanes of at least 4 members (excludes halogenated alkanes) is 3. The molecule has 2 aromatic heterocycles. The molecule has 1 amide bonds. The summed E-state index contributed by atoms with van der Waals surface area (Å²) in [7, 11) is 1.53. The molecule has 5 heterocycles. The van der Waals surface area contributed by atoms with Gasteiger partial charge >= 0.3 is 6.09 Å². The van der Waals surface area contributed by atoms with Crippen molar-refractivity contribution in [2.75, 3.05) is 62.8 Å². The maximum Gasteiger partial charge on any atom is 0.407 e.